The minimum absolute atomic E-state index is 0.00989. The molecule has 1 saturated heterocycles. The Morgan fingerprint density at radius 1 is 1.38 bits per heavy atom. The van der Waals surface area contributed by atoms with Crippen LogP contribution in [0.15, 0.2) is 22.6 Å². The number of benzene rings is 1. The molecular formula is C16H22N4O4. The maximum Gasteiger partial charge on any atom is 0.298 e. The van der Waals surface area contributed by atoms with Crippen LogP contribution in [-0.4, -0.2) is 60.2 Å². The maximum atomic E-state index is 10.9. The van der Waals surface area contributed by atoms with E-state index in [0.717, 1.165) is 19.6 Å². The smallest absolute Gasteiger partial charge is 0.298 e. The molecule has 1 aromatic carbocycles. The molecule has 1 fully saturated rings. The first kappa shape index (κ1) is 16.7. The van der Waals surface area contributed by atoms with E-state index in [-0.39, 0.29) is 17.8 Å². The lowest BCUT2D eigenvalue weighted by Gasteiger charge is -2.43. The van der Waals surface area contributed by atoms with Crippen LogP contribution < -0.4 is 4.90 Å². The van der Waals surface area contributed by atoms with Gasteiger partial charge in [0.05, 0.1) is 17.6 Å². The van der Waals surface area contributed by atoms with Gasteiger partial charge in [-0.3, -0.25) is 15.0 Å². The van der Waals surface area contributed by atoms with Gasteiger partial charge in [0.2, 0.25) is 0 Å². The van der Waals surface area contributed by atoms with Gasteiger partial charge in [0.25, 0.3) is 11.7 Å². The van der Waals surface area contributed by atoms with Crippen LogP contribution in [0.25, 0.3) is 11.1 Å². The minimum atomic E-state index is -0.429. The highest BCUT2D eigenvalue weighted by molar-refractivity contribution is 5.77. The van der Waals surface area contributed by atoms with E-state index in [1.54, 1.807) is 13.2 Å². The molecule has 0 spiro atoms. The summed E-state index contributed by atoms with van der Waals surface area (Å²) in [5, 5.41) is 10.9. The van der Waals surface area contributed by atoms with E-state index in [4.69, 9.17) is 9.15 Å². The van der Waals surface area contributed by atoms with Crippen molar-refractivity contribution in [2.75, 3.05) is 38.3 Å². The second kappa shape index (κ2) is 6.74. The van der Waals surface area contributed by atoms with Crippen LogP contribution in [0.3, 0.4) is 0 Å². The number of rotatable bonds is 5. The highest BCUT2D eigenvalue weighted by Crippen LogP contribution is 2.29. The molecule has 0 radical (unpaired) electrons. The lowest BCUT2D eigenvalue weighted by atomic mass is 10.1. The van der Waals surface area contributed by atoms with E-state index in [1.165, 1.54) is 12.1 Å². The number of nitro groups is 1. The van der Waals surface area contributed by atoms with Crippen molar-refractivity contribution in [2.45, 2.75) is 25.9 Å². The summed E-state index contributed by atoms with van der Waals surface area (Å²) in [4.78, 5) is 19.5. The van der Waals surface area contributed by atoms with E-state index < -0.39 is 4.92 Å². The molecule has 0 bridgehead atoms. The first-order valence-electron chi connectivity index (χ1n) is 8.04. The van der Waals surface area contributed by atoms with E-state index in [0.29, 0.717) is 23.7 Å². The molecule has 1 aliphatic heterocycles. The van der Waals surface area contributed by atoms with Gasteiger partial charge in [-0.25, -0.2) is 0 Å². The minimum Gasteiger partial charge on any atom is -0.423 e. The number of nitro benzene ring substituents is 1. The molecular weight excluding hydrogens is 312 g/mol. The third kappa shape index (κ3) is 3.20. The van der Waals surface area contributed by atoms with Crippen molar-refractivity contribution in [2.24, 2.45) is 0 Å². The quantitative estimate of drug-likeness (QED) is 0.612. The number of nitrogens with zero attached hydrogens (tertiary/aromatic N) is 4. The Bertz CT molecular complexity index is 720. The predicted molar refractivity (Wildman–Crippen MR) is 90.4 cm³/mol. The molecule has 3 rings (SSSR count). The average molecular weight is 334 g/mol. The topological polar surface area (TPSA) is 84.9 Å². The Morgan fingerprint density at radius 2 is 2.08 bits per heavy atom. The fourth-order valence-electron chi connectivity index (χ4n) is 3.34. The Kier molecular flexibility index (Phi) is 4.68. The third-order valence-electron chi connectivity index (χ3n) is 4.40. The first-order valence-corrected chi connectivity index (χ1v) is 8.04. The number of fused-ring (bicyclic) bond motifs is 1. The predicted octanol–water partition coefficient (Wildman–Crippen LogP) is 2.28. The molecule has 1 aliphatic rings. The van der Waals surface area contributed by atoms with Gasteiger partial charge in [-0.2, -0.15) is 4.98 Å². The van der Waals surface area contributed by atoms with E-state index in [1.807, 2.05) is 0 Å². The molecule has 2 aromatic rings. The summed E-state index contributed by atoms with van der Waals surface area (Å²) in [5.41, 5.74) is 1.09. The number of hydrogen-bond donors (Lipinski definition) is 0. The number of aromatic nitrogens is 1. The van der Waals surface area contributed by atoms with Gasteiger partial charge in [0.15, 0.2) is 5.58 Å². The Labute approximate surface area is 140 Å². The Morgan fingerprint density at radius 3 is 2.71 bits per heavy atom. The van der Waals surface area contributed by atoms with Gasteiger partial charge in [-0.1, -0.05) is 0 Å². The van der Waals surface area contributed by atoms with Gasteiger partial charge in [-0.15, -0.1) is 0 Å². The van der Waals surface area contributed by atoms with Crippen molar-refractivity contribution in [3.63, 3.8) is 0 Å². The van der Waals surface area contributed by atoms with Gasteiger partial charge in [-0.05, 0) is 19.9 Å². The Hall–Kier alpha value is -2.19. The van der Waals surface area contributed by atoms with Gasteiger partial charge in [0.1, 0.15) is 5.52 Å². The molecule has 0 unspecified atom stereocenters. The number of piperazine rings is 1. The lowest BCUT2D eigenvalue weighted by Crippen LogP contribution is -2.57. The van der Waals surface area contributed by atoms with Crippen LogP contribution in [0.5, 0.6) is 0 Å². The molecule has 0 saturated carbocycles. The summed E-state index contributed by atoms with van der Waals surface area (Å²) in [6.45, 7) is 7.67. The summed E-state index contributed by atoms with van der Waals surface area (Å²) in [7, 11) is 1.71. The number of hydrogen-bond acceptors (Lipinski definition) is 7. The van der Waals surface area contributed by atoms with Crippen molar-refractivity contribution < 1.29 is 14.1 Å². The lowest BCUT2D eigenvalue weighted by molar-refractivity contribution is -0.384. The zero-order chi connectivity index (χ0) is 17.3. The standard InChI is InChI=1S/C16H22N4O4/c1-11-9-18(6-7-23-3)10-12(2)19(11)16-17-14-5-4-13(20(21)22)8-15(14)24-16/h4-5,8,11-12H,6-7,9-10H2,1-3H3/t11-,12+. The third-order valence-corrected chi connectivity index (χ3v) is 4.40. The Balaban J connectivity index is 1.83. The zero-order valence-corrected chi connectivity index (χ0v) is 14.1. The molecule has 8 nitrogen and oxygen atoms in total. The normalized spacial score (nSPS) is 22.2. The molecule has 2 heterocycles. The average Bonchev–Trinajstić information content (AvgIpc) is 2.94. The summed E-state index contributed by atoms with van der Waals surface area (Å²) in [5.74, 6) is 0. The molecule has 130 valence electrons. The molecule has 0 amide bonds. The van der Waals surface area contributed by atoms with Crippen LogP contribution >= 0.6 is 0 Å². The van der Waals surface area contributed by atoms with E-state index >= 15 is 0 Å². The maximum absolute atomic E-state index is 10.9. The van der Waals surface area contributed by atoms with Crippen LogP contribution in [-0.2, 0) is 4.74 Å². The van der Waals surface area contributed by atoms with Crippen LogP contribution in [0.1, 0.15) is 13.8 Å². The molecule has 2 atom stereocenters. The fraction of sp³-hybridized carbons (Fsp3) is 0.562. The largest absolute Gasteiger partial charge is 0.423 e. The van der Waals surface area contributed by atoms with Gasteiger partial charge in [0, 0.05) is 44.9 Å². The number of methoxy groups -OCH3 is 1. The summed E-state index contributed by atoms with van der Waals surface area (Å²) >= 11 is 0. The zero-order valence-electron chi connectivity index (χ0n) is 14.1. The van der Waals surface area contributed by atoms with Gasteiger partial charge >= 0.3 is 0 Å². The van der Waals surface area contributed by atoms with Crippen molar-refractivity contribution in [1.29, 1.82) is 0 Å². The van der Waals surface area contributed by atoms with E-state index in [2.05, 4.69) is 28.6 Å². The number of oxazole rings is 1. The summed E-state index contributed by atoms with van der Waals surface area (Å²) in [6, 6.07) is 5.49. The summed E-state index contributed by atoms with van der Waals surface area (Å²) in [6.07, 6.45) is 0. The molecule has 0 N–H and O–H groups in total. The van der Waals surface area contributed by atoms with Crippen molar-refractivity contribution in [3.8, 4) is 0 Å². The summed E-state index contributed by atoms with van der Waals surface area (Å²) < 4.78 is 11.0. The van der Waals surface area contributed by atoms with Crippen LogP contribution in [0.2, 0.25) is 0 Å². The van der Waals surface area contributed by atoms with Crippen molar-refractivity contribution in [1.82, 2.24) is 9.88 Å². The van der Waals surface area contributed by atoms with Crippen molar-refractivity contribution in [3.05, 3.63) is 28.3 Å². The first-order chi connectivity index (χ1) is 11.5. The highest BCUT2D eigenvalue weighted by atomic mass is 16.6. The molecule has 0 aliphatic carbocycles. The molecule has 1 aromatic heterocycles. The number of anilines is 1. The number of ether oxygens (including phenoxy) is 1. The van der Waals surface area contributed by atoms with Crippen LogP contribution in [0.4, 0.5) is 11.7 Å². The second-order valence-electron chi connectivity index (χ2n) is 6.26. The highest BCUT2D eigenvalue weighted by Gasteiger charge is 2.32. The van der Waals surface area contributed by atoms with Crippen LogP contribution in [0, 0.1) is 10.1 Å². The molecule has 8 heteroatoms. The van der Waals surface area contributed by atoms with E-state index in [9.17, 15) is 10.1 Å². The fourth-order valence-corrected chi connectivity index (χ4v) is 3.34. The van der Waals surface area contributed by atoms with Gasteiger partial charge < -0.3 is 14.1 Å². The monoisotopic (exact) mass is 334 g/mol. The van der Waals surface area contributed by atoms with Crippen molar-refractivity contribution >= 4 is 22.8 Å². The second-order valence-corrected chi connectivity index (χ2v) is 6.26. The number of non-ortho nitro benzene ring substituents is 1. The molecule has 24 heavy (non-hydrogen) atoms. The SMILES string of the molecule is COCCN1C[C@@H](C)N(c2nc3ccc([N+](=O)[O-])cc3o2)[C@@H](C)C1.